The highest BCUT2D eigenvalue weighted by molar-refractivity contribution is 9.10. The molecule has 0 aliphatic rings. The molecule has 0 unspecified atom stereocenters. The Morgan fingerprint density at radius 3 is 2.42 bits per heavy atom. The van der Waals surface area contributed by atoms with Gasteiger partial charge in [0.15, 0.2) is 0 Å². The second-order valence-corrected chi connectivity index (χ2v) is 4.41. The summed E-state index contributed by atoms with van der Waals surface area (Å²) in [5, 5.41) is 8.97. The third-order valence-corrected chi connectivity index (χ3v) is 2.65. The molecule has 0 fully saturated rings. The summed E-state index contributed by atoms with van der Waals surface area (Å²) < 4.78 is 9.84. The van der Waals surface area contributed by atoms with Crippen LogP contribution in [0, 0.1) is 0 Å². The average molecular weight is 331 g/mol. The molecule has 1 rings (SSSR count). The minimum absolute atomic E-state index is 0.0643. The maximum atomic E-state index is 11.5. The monoisotopic (exact) mass is 330 g/mol. The number of carbonyl (C=O) groups is 3. The van der Waals surface area contributed by atoms with Gasteiger partial charge in [0.2, 0.25) is 0 Å². The van der Waals surface area contributed by atoms with Crippen molar-refractivity contribution in [2.24, 2.45) is 0 Å². The Kier molecular flexibility index (Phi) is 5.50. The van der Waals surface area contributed by atoms with Gasteiger partial charge in [0.1, 0.15) is 11.3 Å². The van der Waals surface area contributed by atoms with Crippen LogP contribution in [0.2, 0.25) is 0 Å². The first-order valence-corrected chi connectivity index (χ1v) is 6.03. The Bertz CT molecular complexity index is 511. The molecule has 0 atom stereocenters. The summed E-state index contributed by atoms with van der Waals surface area (Å²) in [5.41, 5.74) is -0.138. The van der Waals surface area contributed by atoms with E-state index in [1.807, 2.05) is 0 Å². The number of esters is 2. The molecule has 0 saturated heterocycles. The lowest BCUT2D eigenvalue weighted by Crippen LogP contribution is -2.13. The molecule has 0 bridgehead atoms. The van der Waals surface area contributed by atoms with E-state index < -0.39 is 17.9 Å². The molecule has 0 aromatic heterocycles. The van der Waals surface area contributed by atoms with E-state index in [-0.39, 0.29) is 24.2 Å². The predicted octanol–water partition coefficient (Wildman–Crippen LogP) is 2.01. The van der Waals surface area contributed by atoms with Gasteiger partial charge in [-0.25, -0.2) is 4.79 Å². The molecule has 1 aromatic rings. The summed E-state index contributed by atoms with van der Waals surface area (Å²) in [4.78, 5) is 33.3. The summed E-state index contributed by atoms with van der Waals surface area (Å²) in [5.74, 6) is -2.51. The number of carboxylic acid groups (broad SMARTS) is 1. The number of rotatable bonds is 5. The molecule has 1 aromatic carbocycles. The van der Waals surface area contributed by atoms with Crippen molar-refractivity contribution in [3.05, 3.63) is 28.2 Å². The van der Waals surface area contributed by atoms with Crippen molar-refractivity contribution in [2.45, 2.75) is 12.8 Å². The second-order valence-electron chi connectivity index (χ2n) is 3.50. The standard InChI is InChI=1S/C12H11BrO6/c1-18-10(14)4-5-11(15)19-9-3-2-7(13)6-8(9)12(16)17/h2-3,6H,4-5H2,1H3,(H,16,17). The highest BCUT2D eigenvalue weighted by atomic mass is 79.9. The lowest BCUT2D eigenvalue weighted by molar-refractivity contribution is -0.144. The van der Waals surface area contributed by atoms with Gasteiger partial charge in [0.25, 0.3) is 0 Å². The summed E-state index contributed by atoms with van der Waals surface area (Å²) in [6.07, 6.45) is -0.296. The van der Waals surface area contributed by atoms with Crippen LogP contribution in [0.25, 0.3) is 0 Å². The molecule has 0 heterocycles. The zero-order valence-electron chi connectivity index (χ0n) is 10.0. The fourth-order valence-electron chi connectivity index (χ4n) is 1.24. The molecule has 6 nitrogen and oxygen atoms in total. The van der Waals surface area contributed by atoms with Crippen LogP contribution in [0.3, 0.4) is 0 Å². The van der Waals surface area contributed by atoms with E-state index in [2.05, 4.69) is 20.7 Å². The first kappa shape index (κ1) is 15.2. The third kappa shape index (κ3) is 4.70. The molecule has 0 radical (unpaired) electrons. The molecule has 0 amide bonds. The maximum absolute atomic E-state index is 11.5. The Balaban J connectivity index is 2.74. The van der Waals surface area contributed by atoms with Crippen molar-refractivity contribution < 1.29 is 29.0 Å². The van der Waals surface area contributed by atoms with Gasteiger partial charge in [-0.3, -0.25) is 9.59 Å². The topological polar surface area (TPSA) is 89.9 Å². The fourth-order valence-corrected chi connectivity index (χ4v) is 1.60. The Morgan fingerprint density at radius 1 is 1.21 bits per heavy atom. The fraction of sp³-hybridized carbons (Fsp3) is 0.250. The Hall–Kier alpha value is -1.89. The minimum atomic E-state index is -1.21. The first-order chi connectivity index (χ1) is 8.93. The normalized spacial score (nSPS) is 9.79. The van der Waals surface area contributed by atoms with Crippen molar-refractivity contribution >= 4 is 33.8 Å². The number of ether oxygens (including phenoxy) is 2. The van der Waals surface area contributed by atoms with E-state index in [1.54, 1.807) is 6.07 Å². The molecular formula is C12H11BrO6. The van der Waals surface area contributed by atoms with Crippen LogP contribution in [0.5, 0.6) is 5.75 Å². The quantitative estimate of drug-likeness (QED) is 0.656. The largest absolute Gasteiger partial charge is 0.478 e. The van der Waals surface area contributed by atoms with Crippen LogP contribution in [-0.4, -0.2) is 30.1 Å². The van der Waals surface area contributed by atoms with Gasteiger partial charge in [0.05, 0.1) is 20.0 Å². The number of carboxylic acids is 1. The van der Waals surface area contributed by atoms with E-state index >= 15 is 0 Å². The van der Waals surface area contributed by atoms with Crippen molar-refractivity contribution in [2.75, 3.05) is 7.11 Å². The number of halogens is 1. The van der Waals surface area contributed by atoms with Crippen molar-refractivity contribution in [3.63, 3.8) is 0 Å². The number of aromatic carboxylic acids is 1. The van der Waals surface area contributed by atoms with Gasteiger partial charge in [-0.2, -0.15) is 0 Å². The van der Waals surface area contributed by atoms with Crippen LogP contribution in [0.4, 0.5) is 0 Å². The van der Waals surface area contributed by atoms with Gasteiger partial charge < -0.3 is 14.6 Å². The maximum Gasteiger partial charge on any atom is 0.339 e. The molecule has 0 aliphatic carbocycles. The Labute approximate surface area is 117 Å². The summed E-state index contributed by atoms with van der Waals surface area (Å²) in [6.45, 7) is 0. The minimum Gasteiger partial charge on any atom is -0.478 e. The molecule has 0 aliphatic heterocycles. The summed E-state index contributed by atoms with van der Waals surface area (Å²) in [7, 11) is 1.21. The molecule has 102 valence electrons. The van der Waals surface area contributed by atoms with Crippen molar-refractivity contribution in [1.82, 2.24) is 0 Å². The molecule has 1 N–H and O–H groups in total. The van der Waals surface area contributed by atoms with Crippen molar-refractivity contribution in [3.8, 4) is 5.75 Å². The highest BCUT2D eigenvalue weighted by Gasteiger charge is 2.16. The second kappa shape index (κ2) is 6.89. The lowest BCUT2D eigenvalue weighted by atomic mass is 10.2. The number of hydrogen-bond acceptors (Lipinski definition) is 5. The van der Waals surface area contributed by atoms with E-state index in [1.165, 1.54) is 19.2 Å². The van der Waals surface area contributed by atoms with Gasteiger partial charge in [-0.1, -0.05) is 15.9 Å². The number of benzene rings is 1. The number of methoxy groups -OCH3 is 1. The van der Waals surface area contributed by atoms with E-state index in [0.717, 1.165) is 0 Å². The summed E-state index contributed by atoms with van der Waals surface area (Å²) >= 11 is 3.12. The smallest absolute Gasteiger partial charge is 0.339 e. The summed E-state index contributed by atoms with van der Waals surface area (Å²) in [6, 6.07) is 4.24. The number of hydrogen-bond donors (Lipinski definition) is 1. The molecular weight excluding hydrogens is 320 g/mol. The molecule has 0 spiro atoms. The number of carbonyl (C=O) groups excluding carboxylic acids is 2. The lowest BCUT2D eigenvalue weighted by Gasteiger charge is -2.07. The predicted molar refractivity (Wildman–Crippen MR) is 68.0 cm³/mol. The molecule has 0 saturated carbocycles. The highest BCUT2D eigenvalue weighted by Crippen LogP contribution is 2.23. The van der Waals surface area contributed by atoms with Crippen LogP contribution in [-0.2, 0) is 14.3 Å². The van der Waals surface area contributed by atoms with Crippen molar-refractivity contribution in [1.29, 1.82) is 0 Å². The van der Waals surface area contributed by atoms with Crippen LogP contribution in [0.15, 0.2) is 22.7 Å². The molecule has 7 heteroatoms. The van der Waals surface area contributed by atoms with Gasteiger partial charge in [0, 0.05) is 4.47 Å². The van der Waals surface area contributed by atoms with E-state index in [0.29, 0.717) is 4.47 Å². The van der Waals surface area contributed by atoms with Crippen LogP contribution in [0.1, 0.15) is 23.2 Å². The average Bonchev–Trinajstić information content (AvgIpc) is 2.37. The van der Waals surface area contributed by atoms with E-state index in [4.69, 9.17) is 9.84 Å². The zero-order valence-corrected chi connectivity index (χ0v) is 11.6. The Morgan fingerprint density at radius 2 is 1.84 bits per heavy atom. The SMILES string of the molecule is COC(=O)CCC(=O)Oc1ccc(Br)cc1C(=O)O. The van der Waals surface area contributed by atoms with Crippen LogP contribution < -0.4 is 4.74 Å². The van der Waals surface area contributed by atoms with E-state index in [9.17, 15) is 14.4 Å². The molecule has 19 heavy (non-hydrogen) atoms. The first-order valence-electron chi connectivity index (χ1n) is 5.24. The van der Waals surface area contributed by atoms with Gasteiger partial charge in [-0.05, 0) is 18.2 Å². The third-order valence-electron chi connectivity index (χ3n) is 2.16. The van der Waals surface area contributed by atoms with Gasteiger partial charge in [-0.15, -0.1) is 0 Å². The zero-order chi connectivity index (χ0) is 14.4. The van der Waals surface area contributed by atoms with Gasteiger partial charge >= 0.3 is 17.9 Å². The van der Waals surface area contributed by atoms with Crippen LogP contribution >= 0.6 is 15.9 Å².